The zero-order valence-electron chi connectivity index (χ0n) is 9.35. The van der Waals surface area contributed by atoms with Crippen LogP contribution in [0.4, 0.5) is 0 Å². The lowest BCUT2D eigenvalue weighted by atomic mass is 10.2. The van der Waals surface area contributed by atoms with Gasteiger partial charge in [0, 0.05) is 0 Å². The van der Waals surface area contributed by atoms with Gasteiger partial charge in [-0.25, -0.2) is 0 Å². The molecule has 0 aliphatic rings. The smallest absolute Gasteiger partial charge is 0.218 e. The van der Waals surface area contributed by atoms with Crippen LogP contribution in [0.5, 0.6) is 0 Å². The van der Waals surface area contributed by atoms with Crippen molar-refractivity contribution < 1.29 is 9.21 Å². The summed E-state index contributed by atoms with van der Waals surface area (Å²) in [7, 11) is 0. The summed E-state index contributed by atoms with van der Waals surface area (Å²) >= 11 is 0. The van der Waals surface area contributed by atoms with Crippen LogP contribution in [0.1, 0.15) is 16.1 Å². The molecule has 5 heteroatoms. The molecule has 0 aliphatic heterocycles. The van der Waals surface area contributed by atoms with Gasteiger partial charge in [-0.1, -0.05) is 18.2 Å². The number of hydrogen-bond donors (Lipinski definition) is 0. The van der Waals surface area contributed by atoms with E-state index in [1.54, 1.807) is 6.07 Å². The van der Waals surface area contributed by atoms with E-state index in [0.29, 0.717) is 11.3 Å². The van der Waals surface area contributed by atoms with Gasteiger partial charge in [-0.3, -0.25) is 4.79 Å². The van der Waals surface area contributed by atoms with Gasteiger partial charge < -0.3 is 4.42 Å². The van der Waals surface area contributed by atoms with Crippen LogP contribution in [0.25, 0.3) is 5.69 Å². The lowest BCUT2D eigenvalue weighted by Crippen LogP contribution is -2.03. The summed E-state index contributed by atoms with van der Waals surface area (Å²) in [6, 6.07) is 11.0. The standard InChI is InChI=1S/C13H9N3O2/c17-13(10-6-7-18-9-10)12-8-14-16(15-12)11-4-2-1-3-5-11/h1-9H. The minimum absolute atomic E-state index is 0.203. The summed E-state index contributed by atoms with van der Waals surface area (Å²) in [5.74, 6) is -0.203. The topological polar surface area (TPSA) is 60.9 Å². The van der Waals surface area contributed by atoms with Gasteiger partial charge in [0.25, 0.3) is 0 Å². The van der Waals surface area contributed by atoms with Crippen LogP contribution in [0, 0.1) is 0 Å². The molecule has 3 rings (SSSR count). The summed E-state index contributed by atoms with van der Waals surface area (Å²) in [5.41, 5.74) is 1.57. The summed E-state index contributed by atoms with van der Waals surface area (Å²) in [6.45, 7) is 0. The van der Waals surface area contributed by atoms with E-state index in [0.717, 1.165) is 5.69 Å². The number of carbonyl (C=O) groups is 1. The molecular weight excluding hydrogens is 230 g/mol. The van der Waals surface area contributed by atoms with Gasteiger partial charge in [0.1, 0.15) is 6.26 Å². The Hall–Kier alpha value is -2.69. The maximum atomic E-state index is 12.0. The van der Waals surface area contributed by atoms with Crippen LogP contribution >= 0.6 is 0 Å². The highest BCUT2D eigenvalue weighted by Gasteiger charge is 2.14. The molecule has 5 nitrogen and oxygen atoms in total. The van der Waals surface area contributed by atoms with Crippen LogP contribution < -0.4 is 0 Å². The Morgan fingerprint density at radius 1 is 1.17 bits per heavy atom. The maximum Gasteiger partial charge on any atom is 0.218 e. The SMILES string of the molecule is O=C(c1ccoc1)c1cnn(-c2ccccc2)n1. The van der Waals surface area contributed by atoms with E-state index in [9.17, 15) is 4.79 Å². The van der Waals surface area contributed by atoms with Gasteiger partial charge in [-0.2, -0.15) is 9.90 Å². The van der Waals surface area contributed by atoms with Gasteiger partial charge in [-0.15, -0.1) is 5.10 Å². The van der Waals surface area contributed by atoms with Gasteiger partial charge in [-0.05, 0) is 18.2 Å². The monoisotopic (exact) mass is 239 g/mol. The summed E-state index contributed by atoms with van der Waals surface area (Å²) in [6.07, 6.45) is 4.29. The lowest BCUT2D eigenvalue weighted by Gasteiger charge is -1.97. The highest BCUT2D eigenvalue weighted by molar-refractivity contribution is 6.07. The first-order valence-electron chi connectivity index (χ1n) is 5.39. The molecule has 0 fully saturated rings. The molecule has 0 spiro atoms. The Labute approximate surface area is 103 Å². The number of carbonyl (C=O) groups excluding carboxylic acids is 1. The third-order valence-corrected chi connectivity index (χ3v) is 2.49. The van der Waals surface area contributed by atoms with Crippen LogP contribution in [-0.4, -0.2) is 20.8 Å². The average molecular weight is 239 g/mol. The summed E-state index contributed by atoms with van der Waals surface area (Å²) in [4.78, 5) is 13.4. The normalized spacial score (nSPS) is 10.4. The van der Waals surface area contributed by atoms with E-state index < -0.39 is 0 Å². The van der Waals surface area contributed by atoms with Crippen LogP contribution in [0.3, 0.4) is 0 Å². The minimum Gasteiger partial charge on any atom is -0.472 e. The van der Waals surface area contributed by atoms with Gasteiger partial charge in [0.2, 0.25) is 5.78 Å². The third kappa shape index (κ3) is 1.82. The first-order valence-corrected chi connectivity index (χ1v) is 5.39. The fourth-order valence-electron chi connectivity index (χ4n) is 1.59. The quantitative estimate of drug-likeness (QED) is 0.656. The molecule has 2 aromatic heterocycles. The first kappa shape index (κ1) is 10.5. The van der Waals surface area contributed by atoms with Crippen molar-refractivity contribution in [2.75, 3.05) is 0 Å². The number of aromatic nitrogens is 3. The molecule has 0 unspecified atom stereocenters. The Morgan fingerprint density at radius 3 is 2.72 bits per heavy atom. The second-order valence-electron chi connectivity index (χ2n) is 3.70. The fourth-order valence-corrected chi connectivity index (χ4v) is 1.59. The number of rotatable bonds is 3. The molecule has 3 aromatic rings. The Balaban J connectivity index is 1.93. The van der Waals surface area contributed by atoms with Crippen molar-refractivity contribution >= 4 is 5.78 Å². The van der Waals surface area contributed by atoms with Crippen molar-refractivity contribution in [3.8, 4) is 5.69 Å². The predicted octanol–water partition coefficient (Wildman–Crippen LogP) is 2.09. The molecule has 0 aliphatic carbocycles. The number of nitrogens with zero attached hydrogens (tertiary/aromatic N) is 3. The molecule has 18 heavy (non-hydrogen) atoms. The highest BCUT2D eigenvalue weighted by Crippen LogP contribution is 2.09. The predicted molar refractivity (Wildman–Crippen MR) is 63.5 cm³/mol. The van der Waals surface area contributed by atoms with Crippen LogP contribution in [-0.2, 0) is 0 Å². The Kier molecular flexibility index (Phi) is 2.49. The molecule has 0 saturated carbocycles. The molecule has 0 bridgehead atoms. The largest absolute Gasteiger partial charge is 0.472 e. The van der Waals surface area contributed by atoms with Crippen molar-refractivity contribution in [3.05, 3.63) is 66.4 Å². The van der Waals surface area contributed by atoms with E-state index in [2.05, 4.69) is 10.2 Å². The van der Waals surface area contributed by atoms with E-state index in [4.69, 9.17) is 4.42 Å². The number of hydrogen-bond acceptors (Lipinski definition) is 4. The number of benzene rings is 1. The van der Waals surface area contributed by atoms with Gasteiger partial charge in [0.15, 0.2) is 5.69 Å². The van der Waals surface area contributed by atoms with Crippen molar-refractivity contribution in [1.82, 2.24) is 15.0 Å². The van der Waals surface area contributed by atoms with E-state index in [-0.39, 0.29) is 5.78 Å². The van der Waals surface area contributed by atoms with Crippen LogP contribution in [0.15, 0.2) is 59.5 Å². The van der Waals surface area contributed by atoms with Crippen molar-refractivity contribution in [2.45, 2.75) is 0 Å². The fraction of sp³-hybridized carbons (Fsp3) is 0. The molecule has 0 saturated heterocycles. The molecule has 0 atom stereocenters. The lowest BCUT2D eigenvalue weighted by molar-refractivity contribution is 0.103. The summed E-state index contributed by atoms with van der Waals surface area (Å²) < 4.78 is 4.87. The van der Waals surface area contributed by atoms with E-state index in [1.807, 2.05) is 30.3 Å². The number of ketones is 1. The maximum absolute atomic E-state index is 12.0. The van der Waals surface area contributed by atoms with E-state index >= 15 is 0 Å². The molecular formula is C13H9N3O2. The second-order valence-corrected chi connectivity index (χ2v) is 3.70. The molecule has 0 N–H and O–H groups in total. The number of para-hydroxylation sites is 1. The molecule has 0 radical (unpaired) electrons. The zero-order chi connectivity index (χ0) is 12.4. The summed E-state index contributed by atoms with van der Waals surface area (Å²) in [5, 5.41) is 8.22. The average Bonchev–Trinajstić information content (AvgIpc) is 3.10. The van der Waals surface area contributed by atoms with E-state index in [1.165, 1.54) is 23.5 Å². The molecule has 88 valence electrons. The molecule has 2 heterocycles. The van der Waals surface area contributed by atoms with Crippen LogP contribution in [0.2, 0.25) is 0 Å². The zero-order valence-corrected chi connectivity index (χ0v) is 9.35. The van der Waals surface area contributed by atoms with Crippen molar-refractivity contribution in [2.24, 2.45) is 0 Å². The Morgan fingerprint density at radius 2 is 2.00 bits per heavy atom. The van der Waals surface area contributed by atoms with Gasteiger partial charge >= 0.3 is 0 Å². The molecule has 1 aromatic carbocycles. The minimum atomic E-state index is -0.203. The first-order chi connectivity index (χ1) is 8.84. The van der Waals surface area contributed by atoms with Crippen molar-refractivity contribution in [1.29, 1.82) is 0 Å². The Bertz CT molecular complexity index is 657. The highest BCUT2D eigenvalue weighted by atomic mass is 16.3. The number of furan rings is 1. The third-order valence-electron chi connectivity index (χ3n) is 2.49. The molecule has 0 amide bonds. The van der Waals surface area contributed by atoms with Gasteiger partial charge in [0.05, 0.1) is 23.7 Å². The van der Waals surface area contributed by atoms with Crippen molar-refractivity contribution in [3.63, 3.8) is 0 Å². The second kappa shape index (κ2) is 4.29.